The zero-order valence-corrected chi connectivity index (χ0v) is 29.9. The summed E-state index contributed by atoms with van der Waals surface area (Å²) in [6, 6.07) is 30.6. The number of benzene rings is 4. The van der Waals surface area contributed by atoms with Gasteiger partial charge in [-0.2, -0.15) is 0 Å². The van der Waals surface area contributed by atoms with Crippen LogP contribution in [-0.2, 0) is 28.6 Å². The summed E-state index contributed by atoms with van der Waals surface area (Å²) in [5.41, 5.74) is 26.6. The Hall–Kier alpha value is -2.04. The van der Waals surface area contributed by atoms with Crippen molar-refractivity contribution in [2.45, 2.75) is 47.3 Å². The Balaban J connectivity index is 1.50. The number of nitrogens with two attached hydrogens (primary N) is 2. The van der Waals surface area contributed by atoms with Gasteiger partial charge in [-0.1, -0.05) is 0 Å². The van der Waals surface area contributed by atoms with Crippen LogP contribution in [0.4, 0.5) is 0 Å². The predicted molar refractivity (Wildman–Crippen MR) is 183 cm³/mol. The monoisotopic (exact) mass is 687 g/mol. The third kappa shape index (κ3) is 4.62. The molecule has 0 aromatic heterocycles. The van der Waals surface area contributed by atoms with Gasteiger partial charge in [0.05, 0.1) is 0 Å². The van der Waals surface area contributed by atoms with Crippen molar-refractivity contribution in [1.29, 1.82) is 0 Å². The first kappa shape index (κ1) is 30.0. The predicted octanol–water partition coefficient (Wildman–Crippen LogP) is 9.53. The fourth-order valence-corrected chi connectivity index (χ4v) is 40.5. The van der Waals surface area contributed by atoms with Crippen LogP contribution >= 0.6 is 17.0 Å². The van der Waals surface area contributed by atoms with Crippen LogP contribution < -0.4 is 11.5 Å². The fraction of sp³-hybridized carbons (Fsp3) is 0.222. The molecule has 2 unspecified atom stereocenters. The van der Waals surface area contributed by atoms with Crippen LogP contribution in [0.3, 0.4) is 0 Å². The maximum absolute atomic E-state index is 8.39. The van der Waals surface area contributed by atoms with Crippen molar-refractivity contribution >= 4 is 35.1 Å². The zero-order valence-electron chi connectivity index (χ0n) is 24.8. The summed E-state index contributed by atoms with van der Waals surface area (Å²) in [5, 5.41) is 0. The van der Waals surface area contributed by atoms with E-state index in [9.17, 15) is 0 Å². The number of halogens is 2. The van der Waals surface area contributed by atoms with Crippen molar-refractivity contribution in [3.8, 4) is 22.3 Å². The van der Waals surface area contributed by atoms with Crippen molar-refractivity contribution in [2.75, 3.05) is 0 Å². The van der Waals surface area contributed by atoms with E-state index in [1.165, 1.54) is 55.7 Å². The number of rotatable bonds is 7. The molecule has 0 aliphatic heterocycles. The molecule has 6 heteroatoms. The minimum absolute atomic E-state index is 0.0755. The van der Waals surface area contributed by atoms with Gasteiger partial charge in [0.2, 0.25) is 0 Å². The van der Waals surface area contributed by atoms with Crippen LogP contribution in [0.2, 0.25) is 13.1 Å². The van der Waals surface area contributed by atoms with Gasteiger partial charge < -0.3 is 0 Å². The quantitative estimate of drug-likeness (QED) is 0.190. The van der Waals surface area contributed by atoms with Gasteiger partial charge in [-0.25, -0.2) is 0 Å². The normalized spacial score (nSPS) is 18.7. The first-order valence-corrected chi connectivity index (χ1v) is 31.2. The van der Waals surface area contributed by atoms with Crippen LogP contribution in [-0.4, -0.2) is 5.92 Å². The molecule has 4 aromatic carbocycles. The second kappa shape index (κ2) is 11.1. The summed E-state index contributed by atoms with van der Waals surface area (Å²) < 4.78 is 0.151. The molecule has 0 radical (unpaired) electrons. The van der Waals surface area contributed by atoms with E-state index in [1.54, 1.807) is 0 Å². The molecule has 0 heterocycles. The van der Waals surface area contributed by atoms with Gasteiger partial charge in [-0.3, -0.25) is 0 Å². The first-order valence-electron chi connectivity index (χ1n) is 14.9. The van der Waals surface area contributed by atoms with E-state index in [0.29, 0.717) is 13.1 Å². The topological polar surface area (TPSA) is 52.0 Å². The molecular formula is C36H39Cl2N2SiZr. The van der Waals surface area contributed by atoms with Crippen LogP contribution in [0.25, 0.3) is 34.4 Å². The van der Waals surface area contributed by atoms with E-state index in [4.69, 9.17) is 28.5 Å². The molecule has 6 rings (SSSR count). The molecule has 0 fully saturated rings. The molecule has 4 N–H and O–H groups in total. The molecule has 4 aromatic rings. The molecule has 0 spiro atoms. The third-order valence-electron chi connectivity index (χ3n) is 9.76. The Kier molecular flexibility index (Phi) is 7.97. The van der Waals surface area contributed by atoms with Gasteiger partial charge in [0, 0.05) is 0 Å². The van der Waals surface area contributed by atoms with E-state index in [2.05, 4.69) is 124 Å². The van der Waals surface area contributed by atoms with E-state index in [-0.39, 0.29) is 7.25 Å². The zero-order chi connectivity index (χ0) is 29.8. The van der Waals surface area contributed by atoms with Crippen LogP contribution in [0.1, 0.15) is 54.5 Å². The van der Waals surface area contributed by atoms with Crippen molar-refractivity contribution in [2.24, 2.45) is 11.5 Å². The fourth-order valence-electron chi connectivity index (χ4n) is 7.55. The maximum atomic E-state index is 8.39. The molecule has 0 bridgehead atoms. The van der Waals surface area contributed by atoms with Crippen molar-refractivity contribution in [3.63, 3.8) is 0 Å². The summed E-state index contributed by atoms with van der Waals surface area (Å²) in [6.45, 7) is 10.4. The summed E-state index contributed by atoms with van der Waals surface area (Å²) in [7, 11) is 16.8. The van der Waals surface area contributed by atoms with E-state index in [1.807, 2.05) is 0 Å². The molecule has 42 heavy (non-hydrogen) atoms. The minimum atomic E-state index is -4.71. The third-order valence-corrected chi connectivity index (χ3v) is 62.0. The van der Waals surface area contributed by atoms with Crippen LogP contribution in [0.15, 0.2) is 96.1 Å². The standard InChI is InChI=1S/2C17H16N.C2H7Si.2ClH.Zr/c2*1-12-9-15-3-2-4-16(17(15)10-12)14-7-5-13(11-18)6-8-14;1-3-2;;;/h2*2-10H,11,18H2,1H3;3H,1-2H3;2*1H;/q;;;;;+2/p-2. The van der Waals surface area contributed by atoms with Crippen LogP contribution in [0, 0.1) is 0 Å². The Morgan fingerprint density at radius 3 is 1.33 bits per heavy atom. The van der Waals surface area contributed by atoms with Crippen molar-refractivity contribution < 1.29 is 15.6 Å². The Bertz CT molecular complexity index is 1620. The molecule has 0 saturated carbocycles. The van der Waals surface area contributed by atoms with Gasteiger partial charge in [0.15, 0.2) is 0 Å². The van der Waals surface area contributed by atoms with Gasteiger partial charge in [0.25, 0.3) is 0 Å². The molecule has 215 valence electrons. The number of hydrogen-bond donors (Lipinski definition) is 2. The van der Waals surface area contributed by atoms with Crippen molar-refractivity contribution in [3.05, 3.63) is 129 Å². The van der Waals surface area contributed by atoms with Gasteiger partial charge in [0.1, 0.15) is 0 Å². The van der Waals surface area contributed by atoms with Crippen LogP contribution in [0.5, 0.6) is 0 Å². The molecule has 2 aliphatic carbocycles. The average Bonchev–Trinajstić information content (AvgIpc) is 3.53. The second-order valence-electron chi connectivity index (χ2n) is 12.4. The molecular weight excluding hydrogens is 651 g/mol. The van der Waals surface area contributed by atoms with E-state index in [0.717, 1.165) is 11.1 Å². The van der Waals surface area contributed by atoms with E-state index >= 15 is 0 Å². The number of allylic oxidation sites excluding steroid dienone is 2. The second-order valence-corrected chi connectivity index (χ2v) is 54.9. The van der Waals surface area contributed by atoms with Crippen molar-refractivity contribution in [1.82, 2.24) is 0 Å². The molecule has 2 atom stereocenters. The molecule has 2 nitrogen and oxygen atoms in total. The van der Waals surface area contributed by atoms with Gasteiger partial charge in [-0.05, 0) is 0 Å². The number of fused-ring (bicyclic) bond motifs is 2. The van der Waals surface area contributed by atoms with E-state index < -0.39 is 21.5 Å². The summed E-state index contributed by atoms with van der Waals surface area (Å²) in [5.74, 6) is -1.59. The Morgan fingerprint density at radius 2 is 1.00 bits per heavy atom. The molecule has 0 saturated heterocycles. The van der Waals surface area contributed by atoms with Gasteiger partial charge >= 0.3 is 261 Å². The Morgan fingerprint density at radius 1 is 0.619 bits per heavy atom. The summed E-state index contributed by atoms with van der Waals surface area (Å²) in [6.07, 6.45) is 4.73. The SMILES string of the molecule is CC1=Cc2c(-c3ccc(CN)cc3)cccc2[CH]1[Zr]([Cl])([Cl])([CH]1C(C)=Cc2c(-c3ccc(CN)cc3)cccc21)[SiH](C)C. The van der Waals surface area contributed by atoms with Gasteiger partial charge in [-0.15, -0.1) is 0 Å². The Labute approximate surface area is 259 Å². The molecule has 2 aliphatic rings. The first-order chi connectivity index (χ1) is 20.1. The summed E-state index contributed by atoms with van der Waals surface area (Å²) in [4.78, 5) is 0. The summed E-state index contributed by atoms with van der Waals surface area (Å²) >= 11 is -4.71. The average molecular weight is 690 g/mol. The molecule has 0 amide bonds. The number of hydrogen-bond acceptors (Lipinski definition) is 2.